The number of alkyl halides is 6. The number of allylic oxidation sites excluding steroid dienone is 4. The Morgan fingerprint density at radius 3 is 1.87 bits per heavy atom. The van der Waals surface area contributed by atoms with Gasteiger partial charge in [-0.2, -0.15) is 26.3 Å². The molecule has 2 aliphatic rings. The van der Waals surface area contributed by atoms with Crippen LogP contribution < -0.4 is 0 Å². The maximum atomic E-state index is 12.8. The van der Waals surface area contributed by atoms with Gasteiger partial charge in [0.25, 0.3) is 0 Å². The predicted molar refractivity (Wildman–Crippen MR) is 96.8 cm³/mol. The fraction of sp³-hybridized carbons (Fsp3) is 0.235. The van der Waals surface area contributed by atoms with Gasteiger partial charge in [-0.1, -0.05) is 24.3 Å². The maximum absolute atomic E-state index is 12.8. The van der Waals surface area contributed by atoms with Crippen molar-refractivity contribution in [3.63, 3.8) is 0 Å². The van der Waals surface area contributed by atoms with Crippen LogP contribution in [0.25, 0.3) is 11.6 Å². The third kappa shape index (κ3) is 4.21. The lowest BCUT2D eigenvalue weighted by Gasteiger charge is -2.22. The van der Waals surface area contributed by atoms with Gasteiger partial charge in [-0.05, 0) is 28.9 Å². The van der Waals surface area contributed by atoms with E-state index in [0.717, 1.165) is 0 Å². The Morgan fingerprint density at radius 2 is 1.30 bits per heavy atom. The summed E-state index contributed by atoms with van der Waals surface area (Å²) < 4.78 is 126. The highest BCUT2D eigenvalue weighted by Gasteiger charge is 2.46. The van der Waals surface area contributed by atoms with Crippen molar-refractivity contribution in [1.82, 2.24) is 0 Å². The molecule has 5 nitrogen and oxygen atoms in total. The Morgan fingerprint density at radius 1 is 0.767 bits per heavy atom. The third-order valence-corrected chi connectivity index (χ3v) is 7.77. The number of nitrogens with one attached hydrogen (secondary N) is 1. The number of fused-ring (bicyclic) bond motifs is 3. The van der Waals surface area contributed by atoms with Crippen LogP contribution in [0.15, 0.2) is 45.7 Å². The van der Waals surface area contributed by atoms with Crippen molar-refractivity contribution < 1.29 is 43.2 Å². The Bertz CT molecular complexity index is 1250. The van der Waals surface area contributed by atoms with Gasteiger partial charge in [0.1, 0.15) is 4.91 Å². The summed E-state index contributed by atoms with van der Waals surface area (Å²) in [5, 5.41) is 8.10. The van der Waals surface area contributed by atoms with Gasteiger partial charge in [0.05, 0.1) is 10.6 Å². The van der Waals surface area contributed by atoms with E-state index in [0.29, 0.717) is 17.2 Å². The summed E-state index contributed by atoms with van der Waals surface area (Å²) in [6, 6.07) is 6.06. The van der Waals surface area contributed by atoms with Crippen molar-refractivity contribution in [2.45, 2.75) is 12.4 Å². The lowest BCUT2D eigenvalue weighted by Crippen LogP contribution is -2.32. The molecule has 0 amide bonds. The van der Waals surface area contributed by atoms with Crippen molar-refractivity contribution in [3.8, 4) is 0 Å². The fourth-order valence-corrected chi connectivity index (χ4v) is 6.56. The van der Waals surface area contributed by atoms with Crippen LogP contribution in [0.3, 0.4) is 0 Å². The minimum Gasteiger partial charge on any atom is -0.299 e. The highest BCUT2D eigenvalue weighted by Crippen LogP contribution is 2.44. The molecule has 0 unspecified atom stereocenters. The van der Waals surface area contributed by atoms with Crippen molar-refractivity contribution in [2.24, 2.45) is 0 Å². The molecule has 0 aromatic heterocycles. The van der Waals surface area contributed by atoms with Gasteiger partial charge in [0.15, 0.2) is 31.2 Å². The zero-order valence-corrected chi connectivity index (χ0v) is 16.2. The number of hydrogen-bond donors (Lipinski definition) is 1. The van der Waals surface area contributed by atoms with Gasteiger partial charge < -0.3 is 0 Å². The molecule has 1 aromatic rings. The van der Waals surface area contributed by atoms with E-state index in [-0.39, 0.29) is 11.1 Å². The molecule has 2 aliphatic carbocycles. The standard InChI is InChI=1S/C17H11F6NO4S2/c18-16(19,20)7-29(25,26)13-6-11-10-4-2-1-3-9(10)5-12(11)14(24)15(13)30(27,28)8-17(21,22)23/h1-6,24H,7-8H2. The second kappa shape index (κ2) is 6.80. The second-order valence-electron chi connectivity index (χ2n) is 6.52. The first-order valence-electron chi connectivity index (χ1n) is 7.98. The summed E-state index contributed by atoms with van der Waals surface area (Å²) in [6.07, 6.45) is -8.73. The van der Waals surface area contributed by atoms with Crippen molar-refractivity contribution >= 4 is 37.0 Å². The molecule has 1 N–H and O–H groups in total. The van der Waals surface area contributed by atoms with Gasteiger partial charge >= 0.3 is 12.4 Å². The van der Waals surface area contributed by atoms with Gasteiger partial charge in [-0.25, -0.2) is 16.8 Å². The van der Waals surface area contributed by atoms with Gasteiger partial charge in [-0.15, -0.1) is 0 Å². The van der Waals surface area contributed by atoms with E-state index in [9.17, 15) is 43.2 Å². The fourth-order valence-electron chi connectivity index (χ4n) is 3.17. The molecule has 0 aliphatic heterocycles. The van der Waals surface area contributed by atoms with E-state index >= 15 is 0 Å². The SMILES string of the molecule is N=C1C2=Cc3ccccc3C2=CC(S(=O)(=O)CC(F)(F)F)=C1S(=O)(=O)CC(F)(F)F. The molecule has 0 heterocycles. The van der Waals surface area contributed by atoms with Crippen LogP contribution in [0.5, 0.6) is 0 Å². The second-order valence-corrected chi connectivity index (χ2v) is 10.4. The molecule has 0 saturated carbocycles. The zero-order chi connectivity index (χ0) is 22.7. The molecule has 3 rings (SSSR count). The van der Waals surface area contributed by atoms with Crippen molar-refractivity contribution in [3.05, 3.63) is 56.9 Å². The summed E-state index contributed by atoms with van der Waals surface area (Å²) in [5.74, 6) is -5.01. The van der Waals surface area contributed by atoms with E-state index in [1.807, 2.05) is 0 Å². The van der Waals surface area contributed by atoms with E-state index in [1.54, 1.807) is 6.07 Å². The molecule has 30 heavy (non-hydrogen) atoms. The minimum absolute atomic E-state index is 0.0534. The lowest BCUT2D eigenvalue weighted by molar-refractivity contribution is -0.107. The van der Waals surface area contributed by atoms with Crippen molar-refractivity contribution in [1.29, 1.82) is 5.41 Å². The first-order valence-corrected chi connectivity index (χ1v) is 11.3. The highest BCUT2D eigenvalue weighted by molar-refractivity contribution is 8.00. The van der Waals surface area contributed by atoms with Crippen LogP contribution in [0, 0.1) is 5.41 Å². The Balaban J connectivity index is 2.32. The molecule has 0 atom stereocenters. The Hall–Kier alpha value is -2.41. The molecule has 0 radical (unpaired) electrons. The van der Waals surface area contributed by atoms with Crippen LogP contribution in [0.2, 0.25) is 0 Å². The molecular formula is C17H11F6NO4S2. The smallest absolute Gasteiger partial charge is 0.299 e. The number of hydrogen-bond acceptors (Lipinski definition) is 5. The minimum atomic E-state index is -5.51. The normalized spacial score (nSPS) is 17.5. The van der Waals surface area contributed by atoms with E-state index in [2.05, 4.69) is 0 Å². The number of rotatable bonds is 4. The average molecular weight is 471 g/mol. The Labute approximate surface area is 166 Å². The first-order chi connectivity index (χ1) is 13.5. The number of sulfone groups is 2. The summed E-state index contributed by atoms with van der Waals surface area (Å²) in [4.78, 5) is -3.06. The molecule has 0 fully saturated rings. The number of benzene rings is 1. The van der Waals surface area contributed by atoms with Crippen LogP contribution in [-0.4, -0.2) is 46.4 Å². The summed E-state index contributed by atoms with van der Waals surface area (Å²) in [6.45, 7) is 0. The van der Waals surface area contributed by atoms with Gasteiger partial charge in [-0.3, -0.25) is 5.41 Å². The van der Waals surface area contributed by atoms with Crippen LogP contribution >= 0.6 is 0 Å². The first kappa shape index (κ1) is 22.3. The van der Waals surface area contributed by atoms with E-state index < -0.39 is 59.1 Å². The molecule has 0 bridgehead atoms. The molecule has 0 saturated heterocycles. The maximum Gasteiger partial charge on any atom is 0.403 e. The third-order valence-electron chi connectivity index (χ3n) is 4.19. The van der Waals surface area contributed by atoms with E-state index in [1.165, 1.54) is 24.3 Å². The van der Waals surface area contributed by atoms with Crippen LogP contribution in [0.4, 0.5) is 26.3 Å². The highest BCUT2D eigenvalue weighted by atomic mass is 32.2. The van der Waals surface area contributed by atoms with Crippen molar-refractivity contribution in [2.75, 3.05) is 11.5 Å². The monoisotopic (exact) mass is 471 g/mol. The largest absolute Gasteiger partial charge is 0.403 e. The summed E-state index contributed by atoms with van der Waals surface area (Å²) >= 11 is 0. The van der Waals surface area contributed by atoms with Gasteiger partial charge in [0, 0.05) is 5.57 Å². The zero-order valence-electron chi connectivity index (χ0n) is 14.6. The topological polar surface area (TPSA) is 92.1 Å². The predicted octanol–water partition coefficient (Wildman–Crippen LogP) is 3.67. The molecular weight excluding hydrogens is 460 g/mol. The summed E-state index contributed by atoms with van der Waals surface area (Å²) in [5.41, 5.74) is -0.631. The van der Waals surface area contributed by atoms with Crippen LogP contribution in [-0.2, 0) is 19.7 Å². The molecule has 162 valence electrons. The summed E-state index contributed by atoms with van der Waals surface area (Å²) in [7, 11) is -10.9. The van der Waals surface area contributed by atoms with Gasteiger partial charge in [0.2, 0.25) is 0 Å². The number of halogens is 6. The lowest BCUT2D eigenvalue weighted by atomic mass is 9.95. The average Bonchev–Trinajstić information content (AvgIpc) is 2.89. The molecule has 1 aromatic carbocycles. The molecule has 13 heteroatoms. The van der Waals surface area contributed by atoms with Crippen LogP contribution in [0.1, 0.15) is 11.1 Å². The quantitative estimate of drug-likeness (QED) is 0.679. The molecule has 0 spiro atoms. The van der Waals surface area contributed by atoms with E-state index in [4.69, 9.17) is 5.41 Å². The Kier molecular flexibility index (Phi) is 5.05.